The number of hydrogen-bond acceptors (Lipinski definition) is 4. The maximum Gasteiger partial charge on any atom is 0.329 e. The number of nitrogens with one attached hydrogen (secondary N) is 1. The van der Waals surface area contributed by atoms with Gasteiger partial charge in [-0.3, -0.25) is 9.69 Å². The van der Waals surface area contributed by atoms with Crippen molar-refractivity contribution < 1.29 is 19.1 Å². The molecule has 1 saturated heterocycles. The standard InChI is InChI=1S/C22H21ClN2O4/c1-3-11-25-21(26)18(24-22(25)27)12-15-9-10-19(20(13-15)28-4-2)29-14-16-7-5-6-8-17(16)23/h3,5-10,12-13H,1,4,11,14H2,2H3,(H,24,27)/b18-12+. The van der Waals surface area contributed by atoms with Crippen LogP contribution in [0.1, 0.15) is 18.1 Å². The van der Waals surface area contributed by atoms with Crippen LogP contribution in [0.3, 0.4) is 0 Å². The minimum Gasteiger partial charge on any atom is -0.490 e. The number of ether oxygens (including phenoxy) is 2. The Kier molecular flexibility index (Phi) is 6.57. The van der Waals surface area contributed by atoms with Crippen LogP contribution >= 0.6 is 11.6 Å². The number of benzene rings is 2. The van der Waals surface area contributed by atoms with Crippen LogP contribution in [0, 0.1) is 0 Å². The van der Waals surface area contributed by atoms with Gasteiger partial charge in [-0.1, -0.05) is 41.9 Å². The molecule has 3 amide bonds. The van der Waals surface area contributed by atoms with Crippen LogP contribution in [0.5, 0.6) is 11.5 Å². The molecule has 3 rings (SSSR count). The summed E-state index contributed by atoms with van der Waals surface area (Å²) >= 11 is 6.18. The third-order valence-corrected chi connectivity index (χ3v) is 4.56. The van der Waals surface area contributed by atoms with Crippen molar-refractivity contribution in [2.24, 2.45) is 0 Å². The maximum absolute atomic E-state index is 12.3. The van der Waals surface area contributed by atoms with E-state index in [2.05, 4.69) is 11.9 Å². The van der Waals surface area contributed by atoms with Crippen molar-refractivity contribution in [1.29, 1.82) is 0 Å². The first-order valence-electron chi connectivity index (χ1n) is 9.12. The first kappa shape index (κ1) is 20.5. The predicted molar refractivity (Wildman–Crippen MR) is 112 cm³/mol. The van der Waals surface area contributed by atoms with E-state index in [0.717, 1.165) is 10.5 Å². The SMILES string of the molecule is C=CCN1C(=O)N/C(=C/c2ccc(OCc3ccccc3Cl)c(OCC)c2)C1=O. The van der Waals surface area contributed by atoms with Crippen molar-refractivity contribution in [3.63, 3.8) is 0 Å². The maximum atomic E-state index is 12.3. The molecule has 1 N–H and O–H groups in total. The molecule has 0 spiro atoms. The number of halogens is 1. The second-order valence-corrected chi connectivity index (χ2v) is 6.62. The molecule has 6 nitrogen and oxygen atoms in total. The normalized spacial score (nSPS) is 14.8. The number of amides is 3. The lowest BCUT2D eigenvalue weighted by molar-refractivity contribution is -0.122. The van der Waals surface area contributed by atoms with Crippen molar-refractivity contribution in [2.75, 3.05) is 13.2 Å². The average Bonchev–Trinajstić information content (AvgIpc) is 2.96. The van der Waals surface area contributed by atoms with Crippen LogP contribution in [0.15, 0.2) is 60.8 Å². The summed E-state index contributed by atoms with van der Waals surface area (Å²) in [7, 11) is 0. The van der Waals surface area contributed by atoms with Crippen LogP contribution in [-0.4, -0.2) is 30.0 Å². The monoisotopic (exact) mass is 412 g/mol. The number of nitrogens with zero attached hydrogens (tertiary/aromatic N) is 1. The van der Waals surface area contributed by atoms with E-state index >= 15 is 0 Å². The zero-order valence-corrected chi connectivity index (χ0v) is 16.7. The molecule has 2 aromatic rings. The van der Waals surface area contributed by atoms with E-state index in [1.807, 2.05) is 31.2 Å². The van der Waals surface area contributed by atoms with Crippen molar-refractivity contribution >= 4 is 29.6 Å². The number of imide groups is 1. The lowest BCUT2D eigenvalue weighted by Crippen LogP contribution is -2.30. The highest BCUT2D eigenvalue weighted by molar-refractivity contribution is 6.31. The number of carbonyl (C=O) groups is 2. The molecule has 0 aromatic heterocycles. The van der Waals surface area contributed by atoms with Crippen LogP contribution in [0.2, 0.25) is 5.02 Å². The third kappa shape index (κ3) is 4.78. The summed E-state index contributed by atoms with van der Waals surface area (Å²) < 4.78 is 11.6. The molecule has 0 unspecified atom stereocenters. The molecule has 0 atom stereocenters. The van der Waals surface area contributed by atoms with Gasteiger partial charge < -0.3 is 14.8 Å². The molecule has 1 aliphatic heterocycles. The lowest BCUT2D eigenvalue weighted by atomic mass is 10.1. The van der Waals surface area contributed by atoms with E-state index in [4.69, 9.17) is 21.1 Å². The van der Waals surface area contributed by atoms with Gasteiger partial charge in [0, 0.05) is 17.1 Å². The van der Waals surface area contributed by atoms with E-state index in [1.165, 1.54) is 6.08 Å². The van der Waals surface area contributed by atoms with Gasteiger partial charge in [0.25, 0.3) is 5.91 Å². The van der Waals surface area contributed by atoms with Crippen molar-refractivity contribution in [1.82, 2.24) is 10.2 Å². The second-order valence-electron chi connectivity index (χ2n) is 6.21. The van der Waals surface area contributed by atoms with Crippen LogP contribution in [0.4, 0.5) is 4.79 Å². The molecule has 1 heterocycles. The minimum absolute atomic E-state index is 0.154. The first-order valence-corrected chi connectivity index (χ1v) is 9.49. The molecule has 1 aliphatic rings. The van der Waals surface area contributed by atoms with Crippen LogP contribution in [0.25, 0.3) is 6.08 Å². The molecular formula is C22H21ClN2O4. The topological polar surface area (TPSA) is 67.9 Å². The minimum atomic E-state index is -0.467. The van der Waals surface area contributed by atoms with Gasteiger partial charge in [-0.05, 0) is 36.8 Å². The van der Waals surface area contributed by atoms with Gasteiger partial charge in [-0.2, -0.15) is 0 Å². The van der Waals surface area contributed by atoms with Gasteiger partial charge in [-0.25, -0.2) is 4.79 Å². The summed E-state index contributed by atoms with van der Waals surface area (Å²) in [5, 5.41) is 3.20. The fourth-order valence-corrected chi connectivity index (χ4v) is 3.00. The highest BCUT2D eigenvalue weighted by Crippen LogP contribution is 2.31. The molecule has 2 aromatic carbocycles. The zero-order valence-electron chi connectivity index (χ0n) is 16.0. The van der Waals surface area contributed by atoms with Gasteiger partial charge in [-0.15, -0.1) is 6.58 Å². The lowest BCUT2D eigenvalue weighted by Gasteiger charge is -2.13. The number of carbonyl (C=O) groups excluding carboxylic acids is 2. The largest absolute Gasteiger partial charge is 0.490 e. The smallest absolute Gasteiger partial charge is 0.329 e. The van der Waals surface area contributed by atoms with Gasteiger partial charge in [0.1, 0.15) is 12.3 Å². The Hall–Kier alpha value is -3.25. The highest BCUT2D eigenvalue weighted by atomic mass is 35.5. The number of rotatable bonds is 8. The van der Waals surface area contributed by atoms with Crippen molar-refractivity contribution in [2.45, 2.75) is 13.5 Å². The van der Waals surface area contributed by atoms with Crippen molar-refractivity contribution in [3.05, 3.63) is 77.0 Å². The van der Waals surface area contributed by atoms with Crippen molar-refractivity contribution in [3.8, 4) is 11.5 Å². The Morgan fingerprint density at radius 3 is 2.66 bits per heavy atom. The summed E-state index contributed by atoms with van der Waals surface area (Å²) in [4.78, 5) is 25.3. The van der Waals surface area contributed by atoms with Gasteiger partial charge in [0.15, 0.2) is 11.5 Å². The summed E-state index contributed by atoms with van der Waals surface area (Å²) in [5.74, 6) is 0.699. The fraction of sp³-hybridized carbons (Fsp3) is 0.182. The molecule has 0 bridgehead atoms. The molecule has 7 heteroatoms. The molecule has 150 valence electrons. The van der Waals surface area contributed by atoms with E-state index in [-0.39, 0.29) is 12.2 Å². The fourth-order valence-electron chi connectivity index (χ4n) is 2.81. The predicted octanol–water partition coefficient (Wildman–Crippen LogP) is 4.40. The molecule has 1 fully saturated rings. The molecule has 0 saturated carbocycles. The number of hydrogen-bond donors (Lipinski definition) is 1. The second kappa shape index (κ2) is 9.30. The van der Waals surface area contributed by atoms with Crippen LogP contribution in [-0.2, 0) is 11.4 Å². The van der Waals surface area contributed by atoms with E-state index in [1.54, 1.807) is 24.3 Å². The van der Waals surface area contributed by atoms with Gasteiger partial charge in [0.05, 0.1) is 6.61 Å². The Bertz CT molecular complexity index is 971. The molecule has 29 heavy (non-hydrogen) atoms. The summed E-state index contributed by atoms with van der Waals surface area (Å²) in [6, 6.07) is 12.3. The molecule has 0 aliphatic carbocycles. The number of urea groups is 1. The Labute approximate surface area is 174 Å². The van der Waals surface area contributed by atoms with Gasteiger partial charge >= 0.3 is 6.03 Å². The first-order chi connectivity index (χ1) is 14.0. The quantitative estimate of drug-likeness (QED) is 0.396. The van der Waals surface area contributed by atoms with Gasteiger partial charge in [0.2, 0.25) is 0 Å². The Balaban J connectivity index is 1.81. The molecule has 0 radical (unpaired) electrons. The Morgan fingerprint density at radius 2 is 1.93 bits per heavy atom. The third-order valence-electron chi connectivity index (χ3n) is 4.19. The van der Waals surface area contributed by atoms with E-state index < -0.39 is 11.9 Å². The molecular weight excluding hydrogens is 392 g/mol. The summed E-state index contributed by atoms with van der Waals surface area (Å²) in [5.41, 5.74) is 1.76. The van der Waals surface area contributed by atoms with E-state index in [9.17, 15) is 9.59 Å². The highest BCUT2D eigenvalue weighted by Gasteiger charge is 2.32. The summed E-state index contributed by atoms with van der Waals surface area (Å²) in [6.07, 6.45) is 3.10. The zero-order chi connectivity index (χ0) is 20.8. The van der Waals surface area contributed by atoms with Crippen LogP contribution < -0.4 is 14.8 Å². The Morgan fingerprint density at radius 1 is 1.14 bits per heavy atom. The average molecular weight is 413 g/mol. The van der Waals surface area contributed by atoms with E-state index in [0.29, 0.717) is 35.3 Å². The summed E-state index contributed by atoms with van der Waals surface area (Å²) in [6.45, 7) is 6.33.